The Morgan fingerprint density at radius 3 is 3.07 bits per heavy atom. The van der Waals surface area contributed by atoms with Gasteiger partial charge in [-0.25, -0.2) is 0 Å². The van der Waals surface area contributed by atoms with Crippen LogP contribution in [-0.2, 0) is 0 Å². The van der Waals surface area contributed by atoms with Gasteiger partial charge < -0.3 is 15.4 Å². The van der Waals surface area contributed by atoms with Gasteiger partial charge in [-0.1, -0.05) is 0 Å². The first-order chi connectivity index (χ1) is 7.29. The normalized spacial score (nSPS) is 12.9. The third kappa shape index (κ3) is 2.43. The Kier molecular flexibility index (Phi) is 3.14. The van der Waals surface area contributed by atoms with Crippen molar-refractivity contribution in [2.75, 3.05) is 17.7 Å². The van der Waals surface area contributed by atoms with Gasteiger partial charge in [0.2, 0.25) is 0 Å². The topological polar surface area (TPSA) is 48.0 Å². The zero-order valence-corrected chi connectivity index (χ0v) is 8.96. The van der Waals surface area contributed by atoms with Gasteiger partial charge >= 0.3 is 0 Å². The number of aromatic amines is 1. The van der Waals surface area contributed by atoms with Crippen LogP contribution in [0.15, 0.2) is 30.5 Å². The second-order valence-electron chi connectivity index (χ2n) is 3.47. The van der Waals surface area contributed by atoms with E-state index in [-0.39, 0.29) is 5.88 Å². The number of halogens is 1. The van der Waals surface area contributed by atoms with E-state index in [0.717, 1.165) is 16.6 Å². The first-order valence-electron chi connectivity index (χ1n) is 4.84. The number of aromatic nitrogens is 1. The minimum atomic E-state index is -0.506. The summed E-state index contributed by atoms with van der Waals surface area (Å²) in [5.74, 6) is 0.249. The maximum atomic E-state index is 9.29. The third-order valence-electron chi connectivity index (χ3n) is 2.27. The number of H-pyrrole nitrogens is 1. The van der Waals surface area contributed by atoms with Gasteiger partial charge in [-0.15, -0.1) is 11.6 Å². The molecule has 1 heterocycles. The molecule has 0 spiro atoms. The first kappa shape index (κ1) is 10.3. The van der Waals surface area contributed by atoms with Gasteiger partial charge in [-0.3, -0.25) is 0 Å². The first-order valence-corrected chi connectivity index (χ1v) is 5.38. The van der Waals surface area contributed by atoms with Crippen molar-refractivity contribution in [2.45, 2.75) is 6.10 Å². The Morgan fingerprint density at radius 1 is 1.40 bits per heavy atom. The summed E-state index contributed by atoms with van der Waals surface area (Å²) in [6.45, 7) is 0.472. The maximum Gasteiger partial charge on any atom is 0.0847 e. The van der Waals surface area contributed by atoms with Crippen molar-refractivity contribution in [2.24, 2.45) is 0 Å². The minimum Gasteiger partial charge on any atom is -0.390 e. The van der Waals surface area contributed by atoms with Crippen molar-refractivity contribution < 1.29 is 5.11 Å². The van der Waals surface area contributed by atoms with E-state index in [4.69, 9.17) is 11.6 Å². The summed E-state index contributed by atoms with van der Waals surface area (Å²) in [6.07, 6.45) is 1.40. The van der Waals surface area contributed by atoms with Crippen LogP contribution in [0.25, 0.3) is 10.9 Å². The lowest BCUT2D eigenvalue weighted by Gasteiger charge is -2.09. The molecular formula is C11H13ClN2O. The smallest absolute Gasteiger partial charge is 0.0847 e. The number of benzene rings is 1. The number of aliphatic hydroxyl groups is 1. The summed E-state index contributed by atoms with van der Waals surface area (Å²) in [5, 5.41) is 13.6. The maximum absolute atomic E-state index is 9.29. The average molecular weight is 225 g/mol. The second kappa shape index (κ2) is 4.55. The molecule has 2 aromatic rings. The highest BCUT2D eigenvalue weighted by atomic mass is 35.5. The molecule has 0 radical (unpaired) electrons. The fraction of sp³-hybridized carbons (Fsp3) is 0.273. The van der Waals surface area contributed by atoms with Crippen LogP contribution < -0.4 is 5.32 Å². The quantitative estimate of drug-likeness (QED) is 0.698. The zero-order chi connectivity index (χ0) is 10.7. The molecule has 0 aliphatic heterocycles. The largest absolute Gasteiger partial charge is 0.390 e. The molecule has 4 heteroatoms. The van der Waals surface area contributed by atoms with Gasteiger partial charge in [0, 0.05) is 29.3 Å². The van der Waals surface area contributed by atoms with Crippen LogP contribution in [0.1, 0.15) is 0 Å². The molecule has 0 saturated carbocycles. The predicted molar refractivity (Wildman–Crippen MR) is 63.5 cm³/mol. The SMILES string of the molecule is O[C@H](CCl)CNc1ccc2[nH]ccc2c1. The van der Waals surface area contributed by atoms with Crippen LogP contribution in [0.2, 0.25) is 0 Å². The van der Waals surface area contributed by atoms with E-state index in [1.54, 1.807) is 0 Å². The Labute approximate surface area is 93.1 Å². The predicted octanol–water partition coefficient (Wildman–Crippen LogP) is 2.18. The molecule has 2 rings (SSSR count). The zero-order valence-electron chi connectivity index (χ0n) is 8.20. The van der Waals surface area contributed by atoms with Crippen molar-refractivity contribution in [3.05, 3.63) is 30.5 Å². The van der Waals surface area contributed by atoms with Crippen LogP contribution in [0.5, 0.6) is 0 Å². The highest BCUT2D eigenvalue weighted by Crippen LogP contribution is 2.17. The molecule has 0 unspecified atom stereocenters. The minimum absolute atomic E-state index is 0.249. The molecule has 0 bridgehead atoms. The molecule has 0 saturated heterocycles. The number of rotatable bonds is 4. The number of anilines is 1. The highest BCUT2D eigenvalue weighted by Gasteiger charge is 2.01. The average Bonchev–Trinajstić information content (AvgIpc) is 2.72. The Bertz CT molecular complexity index is 441. The van der Waals surface area contributed by atoms with E-state index in [2.05, 4.69) is 10.3 Å². The van der Waals surface area contributed by atoms with E-state index < -0.39 is 6.10 Å². The van der Waals surface area contributed by atoms with E-state index in [1.165, 1.54) is 0 Å². The molecule has 0 fully saturated rings. The third-order valence-corrected chi connectivity index (χ3v) is 2.63. The van der Waals surface area contributed by atoms with Gasteiger partial charge in [-0.2, -0.15) is 0 Å². The monoisotopic (exact) mass is 224 g/mol. The molecule has 15 heavy (non-hydrogen) atoms. The molecule has 1 aromatic heterocycles. The van der Waals surface area contributed by atoms with Gasteiger partial charge in [-0.05, 0) is 24.3 Å². The number of hydrogen-bond donors (Lipinski definition) is 3. The van der Waals surface area contributed by atoms with Crippen molar-refractivity contribution in [1.29, 1.82) is 0 Å². The Morgan fingerprint density at radius 2 is 2.27 bits per heavy atom. The molecule has 0 amide bonds. The number of alkyl halides is 1. The van der Waals surface area contributed by atoms with Crippen LogP contribution in [0, 0.1) is 0 Å². The van der Waals surface area contributed by atoms with Gasteiger partial charge in [0.25, 0.3) is 0 Å². The lowest BCUT2D eigenvalue weighted by atomic mass is 10.2. The van der Waals surface area contributed by atoms with Crippen molar-refractivity contribution in [3.63, 3.8) is 0 Å². The fourth-order valence-corrected chi connectivity index (χ4v) is 1.56. The summed E-state index contributed by atoms with van der Waals surface area (Å²) in [5.41, 5.74) is 2.10. The van der Waals surface area contributed by atoms with Gasteiger partial charge in [0.15, 0.2) is 0 Å². The summed E-state index contributed by atoms with van der Waals surface area (Å²) in [7, 11) is 0. The van der Waals surface area contributed by atoms with Crippen molar-refractivity contribution in [3.8, 4) is 0 Å². The van der Waals surface area contributed by atoms with E-state index >= 15 is 0 Å². The van der Waals surface area contributed by atoms with Crippen molar-refractivity contribution in [1.82, 2.24) is 4.98 Å². The molecule has 1 aromatic carbocycles. The number of hydrogen-bond acceptors (Lipinski definition) is 2. The van der Waals surface area contributed by atoms with E-state index in [1.807, 2.05) is 30.5 Å². The number of aliphatic hydroxyl groups excluding tert-OH is 1. The standard InChI is InChI=1S/C11H13ClN2O/c12-6-10(15)7-14-9-1-2-11-8(5-9)3-4-13-11/h1-5,10,13-15H,6-7H2/t10-/m1/s1. The summed E-state index contributed by atoms with van der Waals surface area (Å²) < 4.78 is 0. The van der Waals surface area contributed by atoms with Crippen LogP contribution >= 0.6 is 11.6 Å². The van der Waals surface area contributed by atoms with Gasteiger partial charge in [0.05, 0.1) is 12.0 Å². The Balaban J connectivity index is 2.08. The van der Waals surface area contributed by atoms with E-state index in [9.17, 15) is 5.11 Å². The van der Waals surface area contributed by atoms with Crippen LogP contribution in [0.3, 0.4) is 0 Å². The summed E-state index contributed by atoms with van der Waals surface area (Å²) in [4.78, 5) is 3.12. The molecule has 80 valence electrons. The lowest BCUT2D eigenvalue weighted by molar-refractivity contribution is 0.211. The fourth-order valence-electron chi connectivity index (χ4n) is 1.45. The molecule has 1 atom stereocenters. The molecule has 3 nitrogen and oxygen atoms in total. The summed E-state index contributed by atoms with van der Waals surface area (Å²) >= 11 is 5.50. The molecule has 3 N–H and O–H groups in total. The van der Waals surface area contributed by atoms with E-state index in [0.29, 0.717) is 6.54 Å². The molecular weight excluding hydrogens is 212 g/mol. The molecule has 0 aliphatic rings. The van der Waals surface area contributed by atoms with Crippen molar-refractivity contribution >= 4 is 28.2 Å². The van der Waals surface area contributed by atoms with Gasteiger partial charge in [0.1, 0.15) is 0 Å². The Hall–Kier alpha value is -1.19. The number of nitrogens with one attached hydrogen (secondary N) is 2. The highest BCUT2D eigenvalue weighted by molar-refractivity contribution is 6.18. The molecule has 0 aliphatic carbocycles. The van der Waals surface area contributed by atoms with Crippen LogP contribution in [0.4, 0.5) is 5.69 Å². The second-order valence-corrected chi connectivity index (χ2v) is 3.78. The lowest BCUT2D eigenvalue weighted by Crippen LogP contribution is -2.20. The summed E-state index contributed by atoms with van der Waals surface area (Å²) in [6, 6.07) is 8.02. The number of fused-ring (bicyclic) bond motifs is 1. The van der Waals surface area contributed by atoms with Crippen LogP contribution in [-0.4, -0.2) is 28.6 Å².